The standard InChI is InChI=1S/C14H16BN3O2/c1-11-14(2,3)20-15(19-11)13-8-17-18(10-13)9-12-5-4-6-16-7-12/h4-8,10H,1,9H2,2-3H3. The van der Waals surface area contributed by atoms with Crippen molar-refractivity contribution in [2.45, 2.75) is 26.0 Å². The Morgan fingerprint density at radius 2 is 2.25 bits per heavy atom. The van der Waals surface area contributed by atoms with Crippen LogP contribution in [0.2, 0.25) is 0 Å². The number of hydrogen-bond acceptors (Lipinski definition) is 4. The van der Waals surface area contributed by atoms with Crippen molar-refractivity contribution in [1.29, 1.82) is 0 Å². The second-order valence-electron chi connectivity index (χ2n) is 5.33. The molecule has 6 heteroatoms. The normalized spacial score (nSPS) is 17.3. The van der Waals surface area contributed by atoms with E-state index in [4.69, 9.17) is 9.31 Å². The molecule has 0 atom stereocenters. The fraction of sp³-hybridized carbons (Fsp3) is 0.286. The molecule has 3 rings (SSSR count). The van der Waals surface area contributed by atoms with Crippen LogP contribution >= 0.6 is 0 Å². The lowest BCUT2D eigenvalue weighted by Crippen LogP contribution is -2.33. The third-order valence-electron chi connectivity index (χ3n) is 3.32. The summed E-state index contributed by atoms with van der Waals surface area (Å²) < 4.78 is 13.3. The van der Waals surface area contributed by atoms with Gasteiger partial charge in [-0.3, -0.25) is 9.67 Å². The van der Waals surface area contributed by atoms with Crippen LogP contribution in [-0.4, -0.2) is 27.5 Å². The fourth-order valence-corrected chi connectivity index (χ4v) is 2.03. The Balaban J connectivity index is 1.73. The molecular formula is C14H16BN3O2. The number of aromatic nitrogens is 3. The molecular weight excluding hydrogens is 253 g/mol. The second-order valence-corrected chi connectivity index (χ2v) is 5.33. The van der Waals surface area contributed by atoms with Crippen molar-refractivity contribution in [3.8, 4) is 0 Å². The SMILES string of the molecule is C=C1OB(c2cnn(Cc3cccnc3)c2)OC1(C)C. The minimum atomic E-state index is -0.462. The Morgan fingerprint density at radius 1 is 1.40 bits per heavy atom. The van der Waals surface area contributed by atoms with Crippen molar-refractivity contribution in [2.24, 2.45) is 0 Å². The van der Waals surface area contributed by atoms with Crippen LogP contribution in [0.3, 0.4) is 0 Å². The first kappa shape index (κ1) is 12.9. The van der Waals surface area contributed by atoms with E-state index in [1.54, 1.807) is 12.4 Å². The van der Waals surface area contributed by atoms with Crippen LogP contribution in [0.4, 0.5) is 0 Å². The summed E-state index contributed by atoms with van der Waals surface area (Å²) in [5.74, 6) is 0.641. The molecule has 0 radical (unpaired) electrons. The van der Waals surface area contributed by atoms with Crippen LogP contribution in [0, 0.1) is 0 Å². The zero-order valence-corrected chi connectivity index (χ0v) is 11.6. The molecule has 2 aromatic heterocycles. The third kappa shape index (κ3) is 2.47. The molecule has 3 heterocycles. The highest BCUT2D eigenvalue weighted by atomic mass is 16.7. The summed E-state index contributed by atoms with van der Waals surface area (Å²) in [6.45, 7) is 8.43. The molecule has 1 aliphatic rings. The number of rotatable bonds is 3. The van der Waals surface area contributed by atoms with Gasteiger partial charge in [0.05, 0.1) is 18.5 Å². The maximum Gasteiger partial charge on any atom is 0.566 e. The van der Waals surface area contributed by atoms with E-state index in [1.807, 2.05) is 43.1 Å². The molecule has 1 aliphatic heterocycles. The average molecular weight is 269 g/mol. The molecule has 20 heavy (non-hydrogen) atoms. The smallest absolute Gasteiger partial charge is 0.534 e. The number of pyridine rings is 1. The van der Waals surface area contributed by atoms with E-state index in [1.165, 1.54) is 0 Å². The first-order valence-corrected chi connectivity index (χ1v) is 6.50. The van der Waals surface area contributed by atoms with Gasteiger partial charge in [0.1, 0.15) is 5.60 Å². The van der Waals surface area contributed by atoms with Crippen molar-refractivity contribution in [3.05, 3.63) is 54.8 Å². The molecule has 1 saturated heterocycles. The van der Waals surface area contributed by atoms with Crippen LogP contribution in [0.5, 0.6) is 0 Å². The van der Waals surface area contributed by atoms with Gasteiger partial charge in [0, 0.05) is 24.1 Å². The maximum absolute atomic E-state index is 5.82. The van der Waals surface area contributed by atoms with Gasteiger partial charge < -0.3 is 9.31 Å². The van der Waals surface area contributed by atoms with Gasteiger partial charge in [-0.2, -0.15) is 5.10 Å². The highest BCUT2D eigenvalue weighted by Crippen LogP contribution is 2.28. The lowest BCUT2D eigenvalue weighted by atomic mass is 9.82. The van der Waals surface area contributed by atoms with Crippen LogP contribution in [0.25, 0.3) is 0 Å². The molecule has 5 nitrogen and oxygen atoms in total. The van der Waals surface area contributed by atoms with Crippen LogP contribution in [0.15, 0.2) is 49.3 Å². The summed E-state index contributed by atoms with van der Waals surface area (Å²) in [4.78, 5) is 4.09. The van der Waals surface area contributed by atoms with E-state index in [0.29, 0.717) is 12.3 Å². The predicted molar refractivity (Wildman–Crippen MR) is 76.3 cm³/mol. The zero-order valence-electron chi connectivity index (χ0n) is 11.6. The Labute approximate surface area is 118 Å². The van der Waals surface area contributed by atoms with Crippen molar-refractivity contribution in [2.75, 3.05) is 0 Å². The largest absolute Gasteiger partial charge is 0.566 e. The maximum atomic E-state index is 5.82. The Bertz CT molecular complexity index is 624. The molecule has 0 amide bonds. The van der Waals surface area contributed by atoms with Crippen LogP contribution in [0.1, 0.15) is 19.4 Å². The van der Waals surface area contributed by atoms with Gasteiger partial charge in [0.2, 0.25) is 0 Å². The summed E-state index contributed by atoms with van der Waals surface area (Å²) in [6.07, 6.45) is 7.27. The van der Waals surface area contributed by atoms with Gasteiger partial charge >= 0.3 is 7.12 Å². The lowest BCUT2D eigenvalue weighted by Gasteiger charge is -2.15. The molecule has 0 bridgehead atoms. The third-order valence-corrected chi connectivity index (χ3v) is 3.32. The molecule has 0 spiro atoms. The van der Waals surface area contributed by atoms with Gasteiger partial charge in [0.25, 0.3) is 0 Å². The van der Waals surface area contributed by atoms with Crippen LogP contribution in [-0.2, 0) is 15.9 Å². The fourth-order valence-electron chi connectivity index (χ4n) is 2.03. The highest BCUT2D eigenvalue weighted by Gasteiger charge is 2.43. The summed E-state index contributed by atoms with van der Waals surface area (Å²) in [5, 5.41) is 4.33. The van der Waals surface area contributed by atoms with Crippen molar-refractivity contribution in [3.63, 3.8) is 0 Å². The molecule has 2 aromatic rings. The van der Waals surface area contributed by atoms with E-state index in [2.05, 4.69) is 16.7 Å². The van der Waals surface area contributed by atoms with E-state index in [-0.39, 0.29) is 0 Å². The minimum Gasteiger partial charge on any atom is -0.534 e. The Morgan fingerprint density at radius 3 is 2.90 bits per heavy atom. The highest BCUT2D eigenvalue weighted by molar-refractivity contribution is 6.62. The Kier molecular flexibility index (Phi) is 3.10. The van der Waals surface area contributed by atoms with Gasteiger partial charge in [-0.25, -0.2) is 0 Å². The summed E-state index contributed by atoms with van der Waals surface area (Å²) in [5.41, 5.74) is 1.52. The Hall–Kier alpha value is -2.08. The monoisotopic (exact) mass is 269 g/mol. The van der Waals surface area contributed by atoms with Gasteiger partial charge in [-0.15, -0.1) is 0 Å². The predicted octanol–water partition coefficient (Wildman–Crippen LogP) is 1.36. The van der Waals surface area contributed by atoms with Crippen molar-refractivity contribution < 1.29 is 9.31 Å². The molecule has 0 aromatic carbocycles. The molecule has 0 aliphatic carbocycles. The summed E-state index contributed by atoms with van der Waals surface area (Å²) in [7, 11) is -0.430. The topological polar surface area (TPSA) is 49.2 Å². The van der Waals surface area contributed by atoms with Crippen LogP contribution < -0.4 is 5.46 Å². The summed E-state index contributed by atoms with van der Waals surface area (Å²) >= 11 is 0. The summed E-state index contributed by atoms with van der Waals surface area (Å²) in [6, 6.07) is 3.93. The number of hydrogen-bond donors (Lipinski definition) is 0. The van der Waals surface area contributed by atoms with Gasteiger partial charge in [-0.1, -0.05) is 12.6 Å². The molecule has 0 N–H and O–H groups in total. The quantitative estimate of drug-likeness (QED) is 0.789. The lowest BCUT2D eigenvalue weighted by molar-refractivity contribution is 0.173. The first-order chi connectivity index (χ1) is 9.54. The van der Waals surface area contributed by atoms with E-state index >= 15 is 0 Å². The molecule has 0 saturated carbocycles. The van der Waals surface area contributed by atoms with E-state index in [0.717, 1.165) is 11.0 Å². The number of nitrogens with zero attached hydrogens (tertiary/aromatic N) is 3. The van der Waals surface area contributed by atoms with Crippen molar-refractivity contribution >= 4 is 12.6 Å². The zero-order chi connectivity index (χ0) is 14.2. The van der Waals surface area contributed by atoms with E-state index in [9.17, 15) is 0 Å². The second kappa shape index (κ2) is 4.79. The van der Waals surface area contributed by atoms with Crippen molar-refractivity contribution in [1.82, 2.24) is 14.8 Å². The first-order valence-electron chi connectivity index (χ1n) is 6.50. The van der Waals surface area contributed by atoms with E-state index < -0.39 is 12.7 Å². The molecule has 0 unspecified atom stereocenters. The van der Waals surface area contributed by atoms with Gasteiger partial charge in [-0.05, 0) is 25.5 Å². The molecule has 1 fully saturated rings. The van der Waals surface area contributed by atoms with Gasteiger partial charge in [0.15, 0.2) is 0 Å². The molecule has 102 valence electrons. The average Bonchev–Trinajstić information content (AvgIpc) is 2.97. The minimum absolute atomic E-state index is 0.430.